The molecule has 0 N–H and O–H groups in total. The first kappa shape index (κ1) is 55.8. The van der Waals surface area contributed by atoms with Crippen LogP contribution in [0.5, 0.6) is 0 Å². The molecule has 12 nitrogen and oxygen atoms in total. The molecule has 1 aliphatic rings. The molecule has 0 aromatic heterocycles. The first-order chi connectivity index (χ1) is 33.4. The zero-order valence-electron chi connectivity index (χ0n) is 41.1. The van der Waals surface area contributed by atoms with E-state index in [4.69, 9.17) is 42.0 Å². The normalized spacial score (nSPS) is 20.7. The van der Waals surface area contributed by atoms with Crippen LogP contribution in [-0.4, -0.2) is 82.6 Å². The minimum atomic E-state index is -4.81. The third-order valence-corrected chi connectivity index (χ3v) is 14.7. The molecular weight excluding hydrogens is 919 g/mol. The van der Waals surface area contributed by atoms with Crippen molar-refractivity contribution < 1.29 is 60.5 Å². The molecule has 4 aromatic carbocycles. The number of esters is 2. The molecule has 8 atom stereocenters. The van der Waals surface area contributed by atoms with E-state index in [-0.39, 0.29) is 52.5 Å². The van der Waals surface area contributed by atoms with Gasteiger partial charge in [0.05, 0.1) is 39.6 Å². The van der Waals surface area contributed by atoms with Gasteiger partial charge in [-0.05, 0) is 41.1 Å². The van der Waals surface area contributed by atoms with Crippen LogP contribution < -0.4 is 0 Å². The highest BCUT2D eigenvalue weighted by atomic mass is 31.2. The van der Waals surface area contributed by atoms with E-state index in [2.05, 4.69) is 19.6 Å². The summed E-state index contributed by atoms with van der Waals surface area (Å²) in [7, 11) is -6.61. The summed E-state index contributed by atoms with van der Waals surface area (Å²) < 4.78 is 90.3. The molecule has 1 unspecified atom stereocenters. The minimum Gasteiger partial charge on any atom is -0.462 e. The van der Waals surface area contributed by atoms with Crippen molar-refractivity contribution in [2.75, 3.05) is 19.8 Å². The van der Waals surface area contributed by atoms with Crippen LogP contribution >= 0.6 is 7.82 Å². The summed E-state index contributed by atoms with van der Waals surface area (Å²) in [5.74, 6) is -0.993. The molecule has 1 fully saturated rings. The number of carbonyl (C=O) groups is 2. The zero-order chi connectivity index (χ0) is 49.3. The lowest BCUT2D eigenvalue weighted by Crippen LogP contribution is -2.65. The van der Waals surface area contributed by atoms with Crippen molar-refractivity contribution in [1.82, 2.24) is 0 Å². The lowest BCUT2D eigenvalue weighted by molar-refractivity contribution is -0.260. The molecule has 0 spiro atoms. The SMILES string of the molecule is CCCCCC(=O)OC[C@H](COP(=O)(OCC[Si](C)(C)C)O[C@@H]1[C@@H](F)[C@H](OCc2ccccc2)[C@@H](OCc2ccccc2)[C@H](OCc2ccccc2)[C@H]1OCc1ccccc1)OC(=O)CCCCC. The van der Waals surface area contributed by atoms with Crippen molar-refractivity contribution in [1.29, 1.82) is 0 Å². The second kappa shape index (κ2) is 29.9. The van der Waals surface area contributed by atoms with Crippen LogP contribution in [-0.2, 0) is 82.6 Å². The molecule has 0 aliphatic heterocycles. The Morgan fingerprint density at radius 2 is 0.957 bits per heavy atom. The van der Waals surface area contributed by atoms with Gasteiger partial charge >= 0.3 is 19.8 Å². The largest absolute Gasteiger partial charge is 0.475 e. The Bertz CT molecular complexity index is 2080. The smallest absolute Gasteiger partial charge is 0.462 e. The third-order valence-electron chi connectivity index (χ3n) is 11.5. The Morgan fingerprint density at radius 3 is 1.39 bits per heavy atom. The summed E-state index contributed by atoms with van der Waals surface area (Å²) in [4.78, 5) is 25.9. The Kier molecular flexibility index (Phi) is 24.2. The maximum atomic E-state index is 18.2. The van der Waals surface area contributed by atoms with E-state index in [0.29, 0.717) is 18.9 Å². The van der Waals surface area contributed by atoms with E-state index in [9.17, 15) is 9.59 Å². The number of unbranched alkanes of at least 4 members (excludes halogenated alkanes) is 4. The number of ether oxygens (including phenoxy) is 6. The van der Waals surface area contributed by atoms with Gasteiger partial charge in [-0.15, -0.1) is 0 Å². The number of hydrogen-bond donors (Lipinski definition) is 0. The monoisotopic (exact) mass is 992 g/mol. The molecule has 0 saturated heterocycles. The van der Waals surface area contributed by atoms with Crippen molar-refractivity contribution >= 4 is 27.8 Å². The van der Waals surface area contributed by atoms with Gasteiger partial charge in [0.15, 0.2) is 12.3 Å². The number of phosphoric acid groups is 1. The van der Waals surface area contributed by atoms with Crippen LogP contribution in [0.15, 0.2) is 121 Å². The number of carbonyl (C=O) groups excluding carboxylic acids is 2. The highest BCUT2D eigenvalue weighted by molar-refractivity contribution is 7.48. The van der Waals surface area contributed by atoms with Gasteiger partial charge in [-0.2, -0.15) is 0 Å². The number of rotatable bonds is 32. The molecule has 378 valence electrons. The molecular formula is C54H74FO12PSi. The average Bonchev–Trinajstić information content (AvgIpc) is 3.34. The Morgan fingerprint density at radius 1 is 0.551 bits per heavy atom. The Labute approximate surface area is 410 Å². The van der Waals surface area contributed by atoms with Crippen LogP contribution in [0, 0.1) is 0 Å². The molecule has 0 bridgehead atoms. The van der Waals surface area contributed by atoms with E-state index in [1.54, 1.807) is 0 Å². The fourth-order valence-corrected chi connectivity index (χ4v) is 9.87. The maximum absolute atomic E-state index is 18.2. The van der Waals surface area contributed by atoms with Crippen LogP contribution in [0.1, 0.15) is 87.5 Å². The minimum absolute atomic E-state index is 0.00550. The van der Waals surface area contributed by atoms with Crippen molar-refractivity contribution in [3.63, 3.8) is 0 Å². The molecule has 69 heavy (non-hydrogen) atoms. The topological polar surface area (TPSA) is 134 Å². The van der Waals surface area contributed by atoms with Crippen molar-refractivity contribution in [2.24, 2.45) is 0 Å². The van der Waals surface area contributed by atoms with E-state index in [0.717, 1.165) is 47.9 Å². The maximum Gasteiger partial charge on any atom is 0.475 e. The Hall–Kier alpha value is -4.08. The first-order valence-corrected chi connectivity index (χ1v) is 29.7. The average molecular weight is 993 g/mol. The summed E-state index contributed by atoms with van der Waals surface area (Å²) >= 11 is 0. The number of halogens is 1. The van der Waals surface area contributed by atoms with Gasteiger partial charge in [0.25, 0.3) is 0 Å². The summed E-state index contributed by atoms with van der Waals surface area (Å²) in [5.41, 5.74) is 3.26. The fraction of sp³-hybridized carbons (Fsp3) is 0.519. The fourth-order valence-electron chi connectivity index (χ4n) is 7.59. The van der Waals surface area contributed by atoms with Crippen LogP contribution in [0.2, 0.25) is 25.7 Å². The van der Waals surface area contributed by atoms with Gasteiger partial charge in [0, 0.05) is 20.9 Å². The third kappa shape index (κ3) is 20.3. The number of benzene rings is 4. The molecule has 1 saturated carbocycles. The molecule has 15 heteroatoms. The van der Waals surface area contributed by atoms with Crippen LogP contribution in [0.3, 0.4) is 0 Å². The highest BCUT2D eigenvalue weighted by Crippen LogP contribution is 2.54. The van der Waals surface area contributed by atoms with Gasteiger partial charge < -0.3 is 28.4 Å². The molecule has 5 rings (SSSR count). The van der Waals surface area contributed by atoms with E-state index in [1.807, 2.05) is 135 Å². The lowest BCUT2D eigenvalue weighted by atomic mass is 9.84. The van der Waals surface area contributed by atoms with Crippen LogP contribution in [0.25, 0.3) is 0 Å². The zero-order valence-corrected chi connectivity index (χ0v) is 43.0. The van der Waals surface area contributed by atoms with Crippen molar-refractivity contribution in [2.45, 2.75) is 160 Å². The first-order valence-electron chi connectivity index (χ1n) is 24.5. The predicted octanol–water partition coefficient (Wildman–Crippen LogP) is 12.2. The molecule has 0 heterocycles. The van der Waals surface area contributed by atoms with Gasteiger partial charge in [0.2, 0.25) is 0 Å². The predicted molar refractivity (Wildman–Crippen MR) is 267 cm³/mol. The summed E-state index contributed by atoms with van der Waals surface area (Å²) in [6.07, 6.45) is -4.65. The molecule has 4 aromatic rings. The van der Waals surface area contributed by atoms with Gasteiger partial charge in [0.1, 0.15) is 37.1 Å². The number of alkyl halides is 1. The number of phosphoric ester groups is 1. The van der Waals surface area contributed by atoms with Crippen molar-refractivity contribution in [3.8, 4) is 0 Å². The van der Waals surface area contributed by atoms with Gasteiger partial charge in [-0.1, -0.05) is 180 Å². The van der Waals surface area contributed by atoms with Gasteiger partial charge in [-0.25, -0.2) is 8.96 Å². The Balaban J connectivity index is 1.55. The summed E-state index contributed by atoms with van der Waals surface area (Å²) in [6, 6.07) is 38.4. The standard InChI is InChI=1S/C54H74FO12PSi/c1-6-8-14-32-47(56)59-40-46(66-48(57)33-15-9-7-2)41-65-68(58,64-34-35-69(3,4)5)67-51-49(55)50(60-36-42-24-16-10-17-25-42)52(61-37-43-26-18-11-19-27-43)54(63-39-45-30-22-13-23-31-45)53(51)62-38-44-28-20-12-21-29-44/h10-13,16-31,46,49-54H,6-9,14-15,32-41H2,1-5H3/t46-,49+,50+,51-,52-,53+,54+,68?/m1/s1. The van der Waals surface area contributed by atoms with E-state index < -0.39 is 77.2 Å². The summed E-state index contributed by atoms with van der Waals surface area (Å²) in [6.45, 7) is 9.72. The molecule has 0 amide bonds. The van der Waals surface area contributed by atoms with Gasteiger partial charge in [-0.3, -0.25) is 23.2 Å². The highest BCUT2D eigenvalue weighted by Gasteiger charge is 2.57. The lowest BCUT2D eigenvalue weighted by Gasteiger charge is -2.47. The van der Waals surface area contributed by atoms with Crippen LogP contribution in [0.4, 0.5) is 4.39 Å². The quantitative estimate of drug-likeness (QED) is 0.0199. The molecule has 1 aliphatic carbocycles. The second-order valence-corrected chi connectivity index (χ2v) is 25.9. The van der Waals surface area contributed by atoms with E-state index >= 15 is 8.96 Å². The van der Waals surface area contributed by atoms with Crippen molar-refractivity contribution in [3.05, 3.63) is 144 Å². The second-order valence-electron chi connectivity index (χ2n) is 18.7. The number of hydrogen-bond acceptors (Lipinski definition) is 12. The molecule has 0 radical (unpaired) electrons. The van der Waals surface area contributed by atoms with E-state index in [1.165, 1.54) is 0 Å². The summed E-state index contributed by atoms with van der Waals surface area (Å²) in [5, 5.41) is 0.